The van der Waals surface area contributed by atoms with Gasteiger partial charge in [0.1, 0.15) is 0 Å². The number of carbonyl (C=O) groups excluding carboxylic acids is 2. The third-order valence-electron chi connectivity index (χ3n) is 5.68. The molecular weight excluding hydrogens is 416 g/mol. The normalized spacial score (nSPS) is 17.6. The highest BCUT2D eigenvalue weighted by molar-refractivity contribution is 7.89. The van der Waals surface area contributed by atoms with Gasteiger partial charge in [-0.05, 0) is 49.6 Å². The summed E-state index contributed by atoms with van der Waals surface area (Å²) < 4.78 is 23.3. The van der Waals surface area contributed by atoms with Gasteiger partial charge in [-0.25, -0.2) is 18.4 Å². The molecule has 2 aromatic rings. The molecule has 2 atom stereocenters. The number of piperidine rings is 1. The second kappa shape index (κ2) is 9.49. The quantitative estimate of drug-likeness (QED) is 0.738. The zero-order chi connectivity index (χ0) is 22.6. The van der Waals surface area contributed by atoms with Crippen molar-refractivity contribution in [3.63, 3.8) is 0 Å². The topological polar surface area (TPSA) is 113 Å². The van der Waals surface area contributed by atoms with Crippen LogP contribution in [0.1, 0.15) is 31.4 Å². The molecule has 0 radical (unpaired) electrons. The highest BCUT2D eigenvalue weighted by atomic mass is 32.2. The van der Waals surface area contributed by atoms with Crippen LogP contribution in [0.25, 0.3) is 0 Å². The number of sulfonamides is 1. The van der Waals surface area contributed by atoms with Crippen molar-refractivity contribution in [3.8, 4) is 0 Å². The molecule has 1 aliphatic heterocycles. The average Bonchev–Trinajstić information content (AvgIpc) is 2.78. The molecule has 1 fully saturated rings. The number of urea groups is 1. The number of nitrogens with one attached hydrogen (secondary N) is 1. The van der Waals surface area contributed by atoms with Crippen LogP contribution in [0.4, 0.5) is 10.5 Å². The molecule has 166 valence electrons. The maximum Gasteiger partial charge on any atom is 0.321 e. The maximum atomic E-state index is 13.1. The van der Waals surface area contributed by atoms with Gasteiger partial charge in [0.2, 0.25) is 15.9 Å². The minimum Gasteiger partial charge on any atom is -0.339 e. The number of primary sulfonamides is 1. The van der Waals surface area contributed by atoms with Crippen molar-refractivity contribution in [3.05, 3.63) is 60.2 Å². The summed E-state index contributed by atoms with van der Waals surface area (Å²) in [4.78, 5) is 29.0. The Morgan fingerprint density at radius 3 is 2.55 bits per heavy atom. The average molecular weight is 445 g/mol. The molecule has 3 amide bonds. The number of hydrogen-bond acceptors (Lipinski definition) is 4. The largest absolute Gasteiger partial charge is 0.339 e. The van der Waals surface area contributed by atoms with Crippen molar-refractivity contribution in [1.82, 2.24) is 9.80 Å². The van der Waals surface area contributed by atoms with Crippen molar-refractivity contribution >= 4 is 27.6 Å². The third-order valence-corrected chi connectivity index (χ3v) is 6.59. The van der Waals surface area contributed by atoms with Crippen LogP contribution in [0.3, 0.4) is 0 Å². The van der Waals surface area contributed by atoms with Gasteiger partial charge in [-0.3, -0.25) is 4.79 Å². The molecule has 0 aliphatic carbocycles. The summed E-state index contributed by atoms with van der Waals surface area (Å²) in [5.74, 6) is -0.394. The molecule has 3 rings (SSSR count). The van der Waals surface area contributed by atoms with Gasteiger partial charge in [0.25, 0.3) is 0 Å². The van der Waals surface area contributed by atoms with Gasteiger partial charge in [0.05, 0.1) is 16.9 Å². The molecule has 1 aliphatic rings. The van der Waals surface area contributed by atoms with E-state index in [1.54, 1.807) is 29.0 Å². The van der Waals surface area contributed by atoms with E-state index in [0.717, 1.165) is 6.42 Å². The van der Waals surface area contributed by atoms with Crippen LogP contribution in [0.5, 0.6) is 0 Å². The number of likely N-dealkylation sites (tertiary alicyclic amines) is 1. The Bertz CT molecular complexity index is 1040. The highest BCUT2D eigenvalue weighted by Crippen LogP contribution is 2.26. The van der Waals surface area contributed by atoms with Gasteiger partial charge in [-0.15, -0.1) is 0 Å². The fourth-order valence-electron chi connectivity index (χ4n) is 3.74. The summed E-state index contributed by atoms with van der Waals surface area (Å²) in [7, 11) is -2.13. The van der Waals surface area contributed by atoms with Crippen LogP contribution in [-0.4, -0.2) is 50.3 Å². The van der Waals surface area contributed by atoms with Crippen LogP contribution in [0.15, 0.2) is 59.5 Å². The standard InChI is InChI=1S/C22H28N4O4S/c1-16(17-8-6-12-20(14-17)31(23,29)30)25(2)21(27)18-9-7-13-26(15-18)22(28)24-19-10-4-3-5-11-19/h3-6,8,10-12,14,16,18H,7,9,13,15H2,1-2H3,(H,24,28)(H2,23,29,30). The predicted octanol–water partition coefficient (Wildman–Crippen LogP) is 2.80. The van der Waals surface area contributed by atoms with E-state index >= 15 is 0 Å². The summed E-state index contributed by atoms with van der Waals surface area (Å²) in [5.41, 5.74) is 1.39. The van der Waals surface area contributed by atoms with Crippen LogP contribution >= 0.6 is 0 Å². The fourth-order valence-corrected chi connectivity index (χ4v) is 4.31. The number of nitrogens with two attached hydrogens (primary N) is 1. The van der Waals surface area contributed by atoms with E-state index < -0.39 is 10.0 Å². The van der Waals surface area contributed by atoms with Gasteiger partial charge in [-0.1, -0.05) is 30.3 Å². The molecule has 8 nitrogen and oxygen atoms in total. The van der Waals surface area contributed by atoms with Crippen LogP contribution in [-0.2, 0) is 14.8 Å². The van der Waals surface area contributed by atoms with E-state index in [1.807, 2.05) is 37.3 Å². The van der Waals surface area contributed by atoms with Gasteiger partial charge in [-0.2, -0.15) is 0 Å². The lowest BCUT2D eigenvalue weighted by atomic mass is 9.95. The summed E-state index contributed by atoms with van der Waals surface area (Å²) in [6, 6.07) is 14.9. The van der Waals surface area contributed by atoms with Gasteiger partial charge < -0.3 is 15.1 Å². The molecule has 31 heavy (non-hydrogen) atoms. The van der Waals surface area contributed by atoms with Crippen molar-refractivity contribution in [2.45, 2.75) is 30.7 Å². The lowest BCUT2D eigenvalue weighted by Gasteiger charge is -2.35. The third kappa shape index (κ3) is 5.62. The number of para-hydroxylation sites is 1. The Labute approximate surface area is 183 Å². The number of rotatable bonds is 5. The molecule has 3 N–H and O–H groups in total. The monoisotopic (exact) mass is 444 g/mol. The van der Waals surface area contributed by atoms with E-state index in [4.69, 9.17) is 5.14 Å². The van der Waals surface area contributed by atoms with Crippen molar-refractivity contribution < 1.29 is 18.0 Å². The molecule has 1 saturated heterocycles. The van der Waals surface area contributed by atoms with Crippen molar-refractivity contribution in [1.29, 1.82) is 0 Å². The molecule has 0 saturated carbocycles. The predicted molar refractivity (Wildman–Crippen MR) is 119 cm³/mol. The first-order chi connectivity index (χ1) is 14.7. The van der Waals surface area contributed by atoms with Crippen LogP contribution < -0.4 is 10.5 Å². The molecule has 9 heteroatoms. The molecular formula is C22H28N4O4S. The number of benzene rings is 2. The highest BCUT2D eigenvalue weighted by Gasteiger charge is 2.32. The number of anilines is 1. The van der Waals surface area contributed by atoms with Gasteiger partial charge in [0, 0.05) is 25.8 Å². The van der Waals surface area contributed by atoms with Crippen LogP contribution in [0, 0.1) is 5.92 Å². The zero-order valence-electron chi connectivity index (χ0n) is 17.7. The fraction of sp³-hybridized carbons (Fsp3) is 0.364. The first kappa shape index (κ1) is 22.8. The van der Waals surface area contributed by atoms with Crippen molar-refractivity contribution in [2.75, 3.05) is 25.5 Å². The summed E-state index contributed by atoms with van der Waals surface area (Å²) in [5, 5.41) is 8.09. The number of hydrogen-bond donors (Lipinski definition) is 2. The van der Waals surface area contributed by atoms with E-state index in [2.05, 4.69) is 5.32 Å². The SMILES string of the molecule is CC(c1cccc(S(N)(=O)=O)c1)N(C)C(=O)C1CCCN(C(=O)Nc2ccccc2)C1. The number of amides is 3. The summed E-state index contributed by atoms with van der Waals surface area (Å²) in [6.07, 6.45) is 1.43. The smallest absolute Gasteiger partial charge is 0.321 e. The second-order valence-electron chi connectivity index (χ2n) is 7.82. The Balaban J connectivity index is 1.66. The Morgan fingerprint density at radius 1 is 1.16 bits per heavy atom. The Hall–Kier alpha value is -2.91. The molecule has 0 aromatic heterocycles. The first-order valence-electron chi connectivity index (χ1n) is 10.2. The van der Waals surface area contributed by atoms with E-state index in [9.17, 15) is 18.0 Å². The maximum absolute atomic E-state index is 13.1. The van der Waals surface area contributed by atoms with Gasteiger partial charge in [0.15, 0.2) is 0 Å². The van der Waals surface area contributed by atoms with E-state index in [-0.39, 0.29) is 28.8 Å². The molecule has 2 unspecified atom stereocenters. The molecule has 2 aromatic carbocycles. The second-order valence-corrected chi connectivity index (χ2v) is 9.39. The van der Waals surface area contributed by atoms with Crippen molar-refractivity contribution in [2.24, 2.45) is 11.1 Å². The van der Waals surface area contributed by atoms with Crippen LogP contribution in [0.2, 0.25) is 0 Å². The molecule has 0 bridgehead atoms. The summed E-state index contributed by atoms with van der Waals surface area (Å²) in [6.45, 7) is 2.77. The summed E-state index contributed by atoms with van der Waals surface area (Å²) >= 11 is 0. The Kier molecular flexibility index (Phi) is 6.97. The molecule has 1 heterocycles. The van der Waals surface area contributed by atoms with E-state index in [1.165, 1.54) is 12.1 Å². The Morgan fingerprint density at radius 2 is 1.87 bits per heavy atom. The number of nitrogens with zero attached hydrogens (tertiary/aromatic N) is 2. The van der Waals surface area contributed by atoms with Gasteiger partial charge >= 0.3 is 6.03 Å². The molecule has 0 spiro atoms. The minimum absolute atomic E-state index is 0.0131. The first-order valence-corrected chi connectivity index (χ1v) is 11.7. The lowest BCUT2D eigenvalue weighted by Crippen LogP contribution is -2.47. The lowest BCUT2D eigenvalue weighted by molar-refractivity contribution is -0.137. The van der Waals surface area contributed by atoms with E-state index in [0.29, 0.717) is 30.8 Å². The zero-order valence-corrected chi connectivity index (χ0v) is 18.5. The minimum atomic E-state index is -3.82. The number of carbonyl (C=O) groups is 2.